The van der Waals surface area contributed by atoms with E-state index >= 15 is 0 Å². The maximum Gasteiger partial charge on any atom is 0.332 e. The highest BCUT2D eigenvalue weighted by atomic mass is 16.6. The summed E-state index contributed by atoms with van der Waals surface area (Å²) in [6.45, 7) is 16.1. The summed E-state index contributed by atoms with van der Waals surface area (Å²) in [7, 11) is 0. The SMILES string of the molecule is CC[C@@H]1CC[C@]2(COC(=O)COC/C=C/c3ccccc3)CC[C@]3(C)C(CCC4[C@@]5(C)CC[C@H](O)C(C)(C)C5CC[C@]43C)C12. The molecule has 4 heteroatoms. The van der Waals surface area contributed by atoms with Crippen LogP contribution in [-0.4, -0.2) is 37.0 Å². The van der Waals surface area contributed by atoms with Gasteiger partial charge in [0.2, 0.25) is 0 Å². The Labute approximate surface area is 267 Å². The number of carbonyl (C=O) groups excluding carboxylic acids is 1. The second-order valence-electron chi connectivity index (χ2n) is 17.1. The number of hydrogen-bond acceptors (Lipinski definition) is 4. The fourth-order valence-corrected chi connectivity index (χ4v) is 12.8. The average Bonchev–Trinajstić information content (AvgIpc) is 3.38. The lowest BCUT2D eigenvalue weighted by atomic mass is 9.32. The monoisotopic (exact) mass is 604 g/mol. The Bertz CT molecular complexity index is 1210. The van der Waals surface area contributed by atoms with Crippen LogP contribution in [0.25, 0.3) is 6.08 Å². The Hall–Kier alpha value is -1.65. The van der Waals surface area contributed by atoms with E-state index in [1.807, 2.05) is 30.4 Å². The highest BCUT2D eigenvalue weighted by Gasteiger charge is 2.70. The number of aliphatic hydroxyl groups is 1. The van der Waals surface area contributed by atoms with Gasteiger partial charge in [0, 0.05) is 5.41 Å². The maximum absolute atomic E-state index is 12.9. The first kappa shape index (κ1) is 32.3. The quantitative estimate of drug-likeness (QED) is 0.238. The van der Waals surface area contributed by atoms with Crippen molar-refractivity contribution < 1.29 is 19.4 Å². The standard InChI is InChI=1S/C40H60O4/c1-7-29-17-22-40(27-44-34(42)26-43-25-11-14-28-12-9-8-10-13-28)24-23-38(5)30(35(29)40)15-16-32-37(4)20-19-33(41)36(2,3)31(37)18-21-39(32,38)6/h8-14,29-33,35,41H,7,15-27H2,1-6H3/b14-11+/t29-,30?,31?,32?,33+,35?,37+,38-,39-,40-/m1/s1. The van der Waals surface area contributed by atoms with Crippen LogP contribution >= 0.6 is 0 Å². The molecule has 0 radical (unpaired) electrons. The molecule has 5 fully saturated rings. The zero-order valence-corrected chi connectivity index (χ0v) is 28.6. The summed E-state index contributed by atoms with van der Waals surface area (Å²) in [5, 5.41) is 11.0. The fraction of sp³-hybridized carbons (Fsp3) is 0.775. The number of benzene rings is 1. The molecule has 0 amide bonds. The molecule has 244 valence electrons. The molecule has 6 rings (SSSR count). The molecule has 1 N–H and O–H groups in total. The van der Waals surface area contributed by atoms with E-state index in [1.54, 1.807) is 0 Å². The fourth-order valence-electron chi connectivity index (χ4n) is 12.8. The number of fused-ring (bicyclic) bond motifs is 7. The largest absolute Gasteiger partial charge is 0.463 e. The molecule has 0 heterocycles. The minimum absolute atomic E-state index is 0.00165. The van der Waals surface area contributed by atoms with Gasteiger partial charge in [-0.1, -0.05) is 90.4 Å². The Morgan fingerprint density at radius 1 is 0.886 bits per heavy atom. The summed E-state index contributed by atoms with van der Waals surface area (Å²) < 4.78 is 11.8. The van der Waals surface area contributed by atoms with Gasteiger partial charge < -0.3 is 14.6 Å². The lowest BCUT2D eigenvalue weighted by molar-refractivity contribution is -0.250. The number of aliphatic hydroxyl groups excluding tert-OH is 1. The minimum Gasteiger partial charge on any atom is -0.463 e. The third kappa shape index (κ3) is 5.04. The molecule has 4 nitrogen and oxygen atoms in total. The van der Waals surface area contributed by atoms with Gasteiger partial charge in [-0.25, -0.2) is 4.79 Å². The van der Waals surface area contributed by atoms with Crippen LogP contribution in [0, 0.1) is 56.7 Å². The molecule has 1 aromatic rings. The third-order valence-electron chi connectivity index (χ3n) is 15.3. The van der Waals surface area contributed by atoms with E-state index in [1.165, 1.54) is 64.2 Å². The first-order chi connectivity index (χ1) is 20.9. The smallest absolute Gasteiger partial charge is 0.332 e. The van der Waals surface area contributed by atoms with E-state index in [9.17, 15) is 9.90 Å². The van der Waals surface area contributed by atoms with Crippen LogP contribution in [0.2, 0.25) is 0 Å². The van der Waals surface area contributed by atoms with E-state index in [-0.39, 0.29) is 29.5 Å². The van der Waals surface area contributed by atoms with Gasteiger partial charge in [-0.2, -0.15) is 0 Å². The Morgan fingerprint density at radius 3 is 2.41 bits per heavy atom. The molecule has 0 spiro atoms. The van der Waals surface area contributed by atoms with Crippen LogP contribution in [0.3, 0.4) is 0 Å². The van der Waals surface area contributed by atoms with Crippen molar-refractivity contribution in [2.45, 2.75) is 118 Å². The van der Waals surface area contributed by atoms with Crippen molar-refractivity contribution in [2.24, 2.45) is 56.7 Å². The molecule has 5 aliphatic rings. The minimum atomic E-state index is -0.219. The topological polar surface area (TPSA) is 55.8 Å². The normalized spacial score (nSPS) is 44.3. The highest BCUT2D eigenvalue weighted by Crippen LogP contribution is 2.77. The molecule has 0 aromatic heterocycles. The van der Waals surface area contributed by atoms with Crippen molar-refractivity contribution in [3.63, 3.8) is 0 Å². The van der Waals surface area contributed by atoms with E-state index in [0.29, 0.717) is 47.2 Å². The number of ether oxygens (including phenoxy) is 2. The van der Waals surface area contributed by atoms with Crippen LogP contribution in [-0.2, 0) is 14.3 Å². The summed E-state index contributed by atoms with van der Waals surface area (Å²) >= 11 is 0. The Balaban J connectivity index is 1.15. The van der Waals surface area contributed by atoms with E-state index in [4.69, 9.17) is 9.47 Å². The summed E-state index contributed by atoms with van der Waals surface area (Å²) in [6.07, 6.45) is 17.3. The van der Waals surface area contributed by atoms with Gasteiger partial charge in [0.1, 0.15) is 6.61 Å². The van der Waals surface area contributed by atoms with Gasteiger partial charge in [0.25, 0.3) is 0 Å². The molecule has 5 aliphatic carbocycles. The van der Waals surface area contributed by atoms with Gasteiger partial charge in [-0.3, -0.25) is 0 Å². The van der Waals surface area contributed by atoms with Crippen LogP contribution in [0.15, 0.2) is 36.4 Å². The highest BCUT2D eigenvalue weighted by molar-refractivity contribution is 5.70. The van der Waals surface area contributed by atoms with Crippen molar-refractivity contribution in [2.75, 3.05) is 19.8 Å². The lowest BCUT2D eigenvalue weighted by Crippen LogP contribution is -2.66. The molecule has 0 saturated heterocycles. The number of rotatable bonds is 8. The van der Waals surface area contributed by atoms with Gasteiger partial charge in [0.15, 0.2) is 0 Å². The van der Waals surface area contributed by atoms with Gasteiger partial charge in [0.05, 0.1) is 19.3 Å². The molecule has 5 saturated carbocycles. The predicted octanol–water partition coefficient (Wildman–Crippen LogP) is 9.11. The Morgan fingerprint density at radius 2 is 1.66 bits per heavy atom. The van der Waals surface area contributed by atoms with Crippen molar-refractivity contribution in [3.8, 4) is 0 Å². The van der Waals surface area contributed by atoms with Crippen LogP contribution in [0.5, 0.6) is 0 Å². The summed E-state index contributed by atoms with van der Waals surface area (Å²) in [6, 6.07) is 10.2. The van der Waals surface area contributed by atoms with E-state index < -0.39 is 0 Å². The van der Waals surface area contributed by atoms with Gasteiger partial charge in [-0.05, 0) is 121 Å². The van der Waals surface area contributed by atoms with E-state index in [0.717, 1.165) is 23.8 Å². The molecule has 0 bridgehead atoms. The van der Waals surface area contributed by atoms with Crippen molar-refractivity contribution >= 4 is 12.0 Å². The van der Waals surface area contributed by atoms with Crippen molar-refractivity contribution in [1.82, 2.24) is 0 Å². The third-order valence-corrected chi connectivity index (χ3v) is 15.3. The van der Waals surface area contributed by atoms with Crippen LogP contribution in [0.4, 0.5) is 0 Å². The first-order valence-corrected chi connectivity index (χ1v) is 18.0. The lowest BCUT2D eigenvalue weighted by Gasteiger charge is -2.73. The van der Waals surface area contributed by atoms with Crippen LogP contribution in [0.1, 0.15) is 118 Å². The molecular formula is C40H60O4. The molecule has 1 aromatic carbocycles. The second-order valence-corrected chi connectivity index (χ2v) is 17.1. The van der Waals surface area contributed by atoms with E-state index in [2.05, 4.69) is 53.7 Å². The van der Waals surface area contributed by atoms with Crippen molar-refractivity contribution in [3.05, 3.63) is 42.0 Å². The summed E-state index contributed by atoms with van der Waals surface area (Å²) in [5.74, 6) is 3.18. The zero-order chi connectivity index (χ0) is 31.4. The van der Waals surface area contributed by atoms with Gasteiger partial charge in [-0.15, -0.1) is 0 Å². The average molecular weight is 605 g/mol. The summed E-state index contributed by atoms with van der Waals surface area (Å²) in [4.78, 5) is 12.9. The number of carbonyl (C=O) groups is 1. The predicted molar refractivity (Wildman–Crippen MR) is 178 cm³/mol. The van der Waals surface area contributed by atoms with Crippen LogP contribution < -0.4 is 0 Å². The Kier molecular flexibility index (Phi) is 8.70. The molecule has 4 unspecified atom stereocenters. The molecule has 0 aliphatic heterocycles. The van der Waals surface area contributed by atoms with Crippen molar-refractivity contribution in [1.29, 1.82) is 0 Å². The number of esters is 1. The number of hydrogen-bond donors (Lipinski definition) is 1. The zero-order valence-electron chi connectivity index (χ0n) is 28.6. The van der Waals surface area contributed by atoms with Gasteiger partial charge >= 0.3 is 5.97 Å². The maximum atomic E-state index is 12.9. The molecule has 10 atom stereocenters. The second kappa shape index (κ2) is 11.9. The molecular weight excluding hydrogens is 544 g/mol. The molecule has 44 heavy (non-hydrogen) atoms. The first-order valence-electron chi connectivity index (χ1n) is 18.0. The summed E-state index contributed by atoms with van der Waals surface area (Å²) in [5.41, 5.74) is 2.20.